The third-order valence-electron chi connectivity index (χ3n) is 4.00. The average molecular weight is 395 g/mol. The van der Waals surface area contributed by atoms with E-state index >= 15 is 0 Å². The molecule has 0 unspecified atom stereocenters. The Kier molecular flexibility index (Phi) is 5.21. The van der Waals surface area contributed by atoms with Gasteiger partial charge in [-0.25, -0.2) is 4.79 Å². The SMILES string of the molecule is O=C(COc1ccc2ccccc2c1)OCc1nc(-c2ccc(Cl)cc2)no1. The zero-order valence-electron chi connectivity index (χ0n) is 14.7. The first-order chi connectivity index (χ1) is 13.7. The van der Waals surface area contributed by atoms with Crippen molar-refractivity contribution in [3.8, 4) is 17.1 Å². The second-order valence-electron chi connectivity index (χ2n) is 5.98. The molecule has 6 nitrogen and oxygen atoms in total. The molecule has 4 aromatic rings. The fourth-order valence-electron chi connectivity index (χ4n) is 2.61. The van der Waals surface area contributed by atoms with Crippen LogP contribution in [0.15, 0.2) is 71.3 Å². The second kappa shape index (κ2) is 8.10. The molecule has 140 valence electrons. The Labute approximate surface area is 165 Å². The van der Waals surface area contributed by atoms with Crippen molar-refractivity contribution in [1.29, 1.82) is 0 Å². The van der Waals surface area contributed by atoms with Gasteiger partial charge < -0.3 is 14.0 Å². The maximum absolute atomic E-state index is 11.9. The fourth-order valence-corrected chi connectivity index (χ4v) is 2.74. The topological polar surface area (TPSA) is 74.5 Å². The molecule has 0 radical (unpaired) electrons. The number of fused-ring (bicyclic) bond motifs is 1. The van der Waals surface area contributed by atoms with E-state index in [-0.39, 0.29) is 19.1 Å². The van der Waals surface area contributed by atoms with Crippen molar-refractivity contribution >= 4 is 28.3 Å². The van der Waals surface area contributed by atoms with Crippen molar-refractivity contribution in [3.05, 3.63) is 77.6 Å². The highest BCUT2D eigenvalue weighted by atomic mass is 35.5. The van der Waals surface area contributed by atoms with Crippen LogP contribution < -0.4 is 4.74 Å². The van der Waals surface area contributed by atoms with Gasteiger partial charge in [-0.2, -0.15) is 4.98 Å². The van der Waals surface area contributed by atoms with Crippen LogP contribution in [0.4, 0.5) is 0 Å². The van der Waals surface area contributed by atoms with Gasteiger partial charge in [0.25, 0.3) is 5.89 Å². The number of carbonyl (C=O) groups is 1. The fraction of sp³-hybridized carbons (Fsp3) is 0.0952. The van der Waals surface area contributed by atoms with E-state index in [1.54, 1.807) is 24.3 Å². The first-order valence-corrected chi connectivity index (χ1v) is 8.91. The monoisotopic (exact) mass is 394 g/mol. The Morgan fingerprint density at radius 3 is 2.61 bits per heavy atom. The highest BCUT2D eigenvalue weighted by molar-refractivity contribution is 6.30. The molecular formula is C21H15ClN2O4. The van der Waals surface area contributed by atoms with E-state index in [0.29, 0.717) is 16.6 Å². The lowest BCUT2D eigenvalue weighted by Gasteiger charge is -2.07. The van der Waals surface area contributed by atoms with Crippen molar-refractivity contribution in [2.45, 2.75) is 6.61 Å². The summed E-state index contributed by atoms with van der Waals surface area (Å²) in [4.78, 5) is 16.1. The predicted molar refractivity (Wildman–Crippen MR) is 104 cm³/mol. The third-order valence-corrected chi connectivity index (χ3v) is 4.26. The number of rotatable bonds is 6. The predicted octanol–water partition coefficient (Wildman–Crippen LogP) is 4.67. The molecule has 0 N–H and O–H groups in total. The molecule has 7 heteroatoms. The van der Waals surface area contributed by atoms with Crippen molar-refractivity contribution in [2.75, 3.05) is 6.61 Å². The molecule has 1 heterocycles. The summed E-state index contributed by atoms with van der Waals surface area (Å²) in [7, 11) is 0. The molecule has 0 saturated carbocycles. The molecule has 0 saturated heterocycles. The van der Waals surface area contributed by atoms with E-state index in [4.69, 9.17) is 25.6 Å². The number of hydrogen-bond donors (Lipinski definition) is 0. The van der Waals surface area contributed by atoms with Crippen molar-refractivity contribution in [3.63, 3.8) is 0 Å². The van der Waals surface area contributed by atoms with Crippen molar-refractivity contribution < 1.29 is 18.8 Å². The van der Waals surface area contributed by atoms with Gasteiger partial charge in [0.15, 0.2) is 13.2 Å². The second-order valence-corrected chi connectivity index (χ2v) is 6.41. The van der Waals surface area contributed by atoms with Gasteiger partial charge in [-0.15, -0.1) is 0 Å². The molecule has 0 fully saturated rings. The van der Waals surface area contributed by atoms with Crippen LogP contribution in [0.3, 0.4) is 0 Å². The summed E-state index contributed by atoms with van der Waals surface area (Å²) >= 11 is 5.86. The Balaban J connectivity index is 1.30. The molecule has 28 heavy (non-hydrogen) atoms. The van der Waals surface area contributed by atoms with Gasteiger partial charge in [0.2, 0.25) is 5.82 Å². The number of esters is 1. The largest absolute Gasteiger partial charge is 0.482 e. The first-order valence-electron chi connectivity index (χ1n) is 8.53. The van der Waals surface area contributed by atoms with Crippen LogP contribution in [0.25, 0.3) is 22.2 Å². The molecule has 3 aromatic carbocycles. The quantitative estimate of drug-likeness (QED) is 0.442. The Bertz CT molecular complexity index is 1110. The lowest BCUT2D eigenvalue weighted by molar-refractivity contribution is -0.148. The summed E-state index contributed by atoms with van der Waals surface area (Å²) in [5.74, 6) is 0.664. The lowest BCUT2D eigenvalue weighted by Crippen LogP contribution is -2.14. The molecule has 0 amide bonds. The van der Waals surface area contributed by atoms with Gasteiger partial charge in [-0.1, -0.05) is 47.1 Å². The minimum atomic E-state index is -0.528. The van der Waals surface area contributed by atoms with Crippen LogP contribution in [0.1, 0.15) is 5.89 Å². The van der Waals surface area contributed by atoms with E-state index in [0.717, 1.165) is 16.3 Å². The van der Waals surface area contributed by atoms with Gasteiger partial charge in [0, 0.05) is 10.6 Å². The van der Waals surface area contributed by atoms with Gasteiger partial charge in [-0.05, 0) is 47.2 Å². The lowest BCUT2D eigenvalue weighted by atomic mass is 10.1. The summed E-state index contributed by atoms with van der Waals surface area (Å²) in [6.45, 7) is -0.336. The molecule has 0 atom stereocenters. The van der Waals surface area contributed by atoms with Crippen LogP contribution in [0.5, 0.6) is 5.75 Å². The minimum absolute atomic E-state index is 0.125. The first kappa shape index (κ1) is 18.0. The molecule has 0 spiro atoms. The zero-order valence-corrected chi connectivity index (χ0v) is 15.4. The molecule has 0 aliphatic carbocycles. The maximum Gasteiger partial charge on any atom is 0.344 e. The summed E-state index contributed by atoms with van der Waals surface area (Å²) in [6.07, 6.45) is 0. The van der Waals surface area contributed by atoms with Crippen LogP contribution in [-0.2, 0) is 16.1 Å². The number of carbonyl (C=O) groups excluding carboxylic acids is 1. The highest BCUT2D eigenvalue weighted by Gasteiger charge is 2.12. The summed E-state index contributed by atoms with van der Waals surface area (Å²) in [5, 5.41) is 6.62. The summed E-state index contributed by atoms with van der Waals surface area (Å²) in [6, 6.07) is 20.6. The van der Waals surface area contributed by atoms with Crippen LogP contribution in [0, 0.1) is 0 Å². The van der Waals surface area contributed by atoms with Crippen molar-refractivity contribution in [2.24, 2.45) is 0 Å². The van der Waals surface area contributed by atoms with Crippen LogP contribution in [-0.4, -0.2) is 22.7 Å². The molecule has 0 aliphatic heterocycles. The van der Waals surface area contributed by atoms with Gasteiger partial charge >= 0.3 is 5.97 Å². The molecular weight excluding hydrogens is 380 g/mol. The van der Waals surface area contributed by atoms with Gasteiger partial charge in [0.05, 0.1) is 0 Å². The molecule has 0 aliphatic rings. The van der Waals surface area contributed by atoms with Crippen molar-refractivity contribution in [1.82, 2.24) is 10.1 Å². The van der Waals surface area contributed by atoms with E-state index in [9.17, 15) is 4.79 Å². The van der Waals surface area contributed by atoms with E-state index in [2.05, 4.69) is 10.1 Å². The molecule has 1 aromatic heterocycles. The highest BCUT2D eigenvalue weighted by Crippen LogP contribution is 2.21. The average Bonchev–Trinajstić information content (AvgIpc) is 3.20. The Morgan fingerprint density at radius 1 is 1.00 bits per heavy atom. The number of ether oxygens (including phenoxy) is 2. The number of halogens is 1. The number of hydrogen-bond acceptors (Lipinski definition) is 6. The minimum Gasteiger partial charge on any atom is -0.482 e. The number of benzene rings is 3. The summed E-state index contributed by atoms with van der Waals surface area (Å²) < 4.78 is 15.7. The third kappa shape index (κ3) is 4.29. The number of aromatic nitrogens is 2. The molecule has 4 rings (SSSR count). The van der Waals surface area contributed by atoms with Gasteiger partial charge in [0.1, 0.15) is 5.75 Å². The zero-order chi connectivity index (χ0) is 19.3. The van der Waals surface area contributed by atoms with E-state index < -0.39 is 5.97 Å². The normalized spacial score (nSPS) is 10.8. The standard InChI is InChI=1S/C21H15ClN2O4/c22-17-8-5-15(6-9-17)21-23-19(28-24-21)12-27-20(25)13-26-18-10-7-14-3-1-2-4-16(14)11-18/h1-11H,12-13H2. The molecule has 0 bridgehead atoms. The Morgan fingerprint density at radius 2 is 1.79 bits per heavy atom. The van der Waals surface area contributed by atoms with Crippen LogP contribution in [0.2, 0.25) is 5.02 Å². The van der Waals surface area contributed by atoms with E-state index in [1.807, 2.05) is 42.5 Å². The van der Waals surface area contributed by atoms with E-state index in [1.165, 1.54) is 0 Å². The Hall–Kier alpha value is -3.38. The smallest absolute Gasteiger partial charge is 0.344 e. The number of nitrogens with zero attached hydrogens (tertiary/aromatic N) is 2. The summed E-state index contributed by atoms with van der Waals surface area (Å²) in [5.41, 5.74) is 0.755. The van der Waals surface area contributed by atoms with Gasteiger partial charge in [-0.3, -0.25) is 0 Å². The maximum atomic E-state index is 11.9. The van der Waals surface area contributed by atoms with Crippen LogP contribution >= 0.6 is 11.6 Å².